The number of hydrogen-bond acceptors (Lipinski definition) is 2. The van der Waals surface area contributed by atoms with Crippen LogP contribution in [0, 0.1) is 0 Å². The third kappa shape index (κ3) is 13.2. The van der Waals surface area contributed by atoms with Crippen molar-refractivity contribution in [2.75, 3.05) is 7.11 Å². The molecule has 0 aromatic carbocycles. The predicted octanol–water partition coefficient (Wildman–Crippen LogP) is 7.08. The summed E-state index contributed by atoms with van der Waals surface area (Å²) in [7, 11) is -2.03. The Morgan fingerprint density at radius 2 is 1.13 bits per heavy atom. The molecule has 0 amide bonds. The largest absolute Gasteiger partial charge is 0.330 e. The third-order valence-corrected chi connectivity index (χ3v) is 6.72. The second-order valence-electron chi connectivity index (χ2n) is 6.87. The van der Waals surface area contributed by atoms with Gasteiger partial charge in [-0.25, -0.2) is 0 Å². The molecule has 0 saturated carbocycles. The fourth-order valence-corrected chi connectivity index (χ4v) is 4.42. The molecule has 0 heterocycles. The smallest absolute Gasteiger partial charge is 0.324 e. The average Bonchev–Trinajstić information content (AvgIpc) is 2.55. The topological polar surface area (TPSA) is 46.5 Å². The maximum Gasteiger partial charge on any atom is 0.330 e. The Morgan fingerprint density at radius 3 is 1.57 bits per heavy atom. The molecule has 4 heteroatoms. The van der Waals surface area contributed by atoms with E-state index in [1.54, 1.807) is 0 Å². The Balaban J connectivity index is 3.61. The highest BCUT2D eigenvalue weighted by atomic mass is 31.2. The van der Waals surface area contributed by atoms with E-state index in [1.807, 2.05) is 0 Å². The first-order valence-corrected chi connectivity index (χ1v) is 11.6. The van der Waals surface area contributed by atoms with Crippen molar-refractivity contribution >= 4 is 7.60 Å². The molecule has 0 aromatic heterocycles. The number of hydrogen-bond donors (Lipinski definition) is 1. The van der Waals surface area contributed by atoms with Crippen molar-refractivity contribution in [3.63, 3.8) is 0 Å². The van der Waals surface area contributed by atoms with Crippen molar-refractivity contribution in [3.8, 4) is 0 Å². The minimum absolute atomic E-state index is 0.161. The first-order chi connectivity index (χ1) is 11.1. The van der Waals surface area contributed by atoms with Gasteiger partial charge in [-0.3, -0.25) is 4.57 Å². The molecule has 2 unspecified atom stereocenters. The molecule has 2 atom stereocenters. The Kier molecular flexibility index (Phi) is 15.8. The van der Waals surface area contributed by atoms with Crippen molar-refractivity contribution < 1.29 is 14.0 Å². The molecule has 0 aliphatic carbocycles. The van der Waals surface area contributed by atoms with Crippen LogP contribution in [0.1, 0.15) is 110 Å². The monoisotopic (exact) mass is 348 g/mol. The average molecular weight is 349 g/mol. The van der Waals surface area contributed by atoms with Crippen molar-refractivity contribution in [1.82, 2.24) is 0 Å². The van der Waals surface area contributed by atoms with Gasteiger partial charge in [0.15, 0.2) is 0 Å². The van der Waals surface area contributed by atoms with Crippen LogP contribution in [-0.4, -0.2) is 17.7 Å². The predicted molar refractivity (Wildman–Crippen MR) is 101 cm³/mol. The summed E-state index contributed by atoms with van der Waals surface area (Å²) in [6.45, 7) is 4.38. The summed E-state index contributed by atoms with van der Waals surface area (Å²) in [5, 5.41) is 0. The van der Waals surface area contributed by atoms with Crippen LogP contribution in [0.5, 0.6) is 0 Å². The summed E-state index contributed by atoms with van der Waals surface area (Å²) < 4.78 is 16.9. The van der Waals surface area contributed by atoms with Gasteiger partial charge in [0.2, 0.25) is 0 Å². The lowest BCUT2D eigenvalue weighted by Gasteiger charge is -2.21. The molecular weight excluding hydrogens is 307 g/mol. The molecule has 0 aromatic rings. The van der Waals surface area contributed by atoms with Crippen LogP contribution in [-0.2, 0) is 9.09 Å². The summed E-state index contributed by atoms with van der Waals surface area (Å²) in [4.78, 5) is 9.90. The normalized spacial score (nSPS) is 15.5. The molecule has 140 valence electrons. The van der Waals surface area contributed by atoms with Crippen LogP contribution in [0.4, 0.5) is 0 Å². The summed E-state index contributed by atoms with van der Waals surface area (Å²) in [5.41, 5.74) is -0.161. The van der Waals surface area contributed by atoms with E-state index in [4.69, 9.17) is 4.52 Å². The van der Waals surface area contributed by atoms with Crippen LogP contribution in [0.3, 0.4) is 0 Å². The summed E-state index contributed by atoms with van der Waals surface area (Å²) >= 11 is 0. The third-order valence-electron chi connectivity index (χ3n) is 4.75. The van der Waals surface area contributed by atoms with Crippen LogP contribution in [0.15, 0.2) is 0 Å². The minimum Gasteiger partial charge on any atom is -0.324 e. The molecule has 1 N–H and O–H groups in total. The minimum atomic E-state index is -3.39. The highest BCUT2D eigenvalue weighted by molar-refractivity contribution is 7.53. The van der Waals surface area contributed by atoms with Crippen molar-refractivity contribution in [3.05, 3.63) is 0 Å². The van der Waals surface area contributed by atoms with Gasteiger partial charge >= 0.3 is 7.60 Å². The Hall–Kier alpha value is 0.150. The molecule has 0 bridgehead atoms. The van der Waals surface area contributed by atoms with E-state index in [0.29, 0.717) is 0 Å². The lowest BCUT2D eigenvalue weighted by molar-refractivity contribution is 0.296. The Bertz CT molecular complexity index is 294. The van der Waals surface area contributed by atoms with Crippen molar-refractivity contribution in [2.24, 2.45) is 0 Å². The second-order valence-corrected chi connectivity index (χ2v) is 9.09. The van der Waals surface area contributed by atoms with Gasteiger partial charge < -0.3 is 9.42 Å². The molecule has 0 radical (unpaired) electrons. The van der Waals surface area contributed by atoms with Gasteiger partial charge in [-0.1, -0.05) is 97.3 Å². The zero-order valence-electron chi connectivity index (χ0n) is 15.9. The summed E-state index contributed by atoms with van der Waals surface area (Å²) in [5.74, 6) is 0. The standard InChI is InChI=1S/C19H41O3P/c1-4-6-8-9-10-11-12-13-14-15-16-18-19(17-7-5-2)23(20,21)22-3/h19H,4-18H2,1-3H3,(H,20,21). The quantitative estimate of drug-likeness (QED) is 0.226. The highest BCUT2D eigenvalue weighted by Crippen LogP contribution is 2.50. The number of unbranched alkanes of at least 4 members (excludes halogenated alkanes) is 11. The van der Waals surface area contributed by atoms with E-state index in [-0.39, 0.29) is 5.66 Å². The molecule has 3 nitrogen and oxygen atoms in total. The van der Waals surface area contributed by atoms with Crippen LogP contribution in [0.25, 0.3) is 0 Å². The fourth-order valence-electron chi connectivity index (χ4n) is 3.10. The van der Waals surface area contributed by atoms with Crippen LogP contribution in [0.2, 0.25) is 0 Å². The molecule has 0 aliphatic heterocycles. The first kappa shape index (κ1) is 23.1. The Labute approximate surface area is 145 Å². The number of rotatable bonds is 17. The summed E-state index contributed by atoms with van der Waals surface area (Å²) in [6, 6.07) is 0. The van der Waals surface area contributed by atoms with Gasteiger partial charge in [0.25, 0.3) is 0 Å². The maximum absolute atomic E-state index is 12.0. The molecular formula is C19H41O3P. The zero-order valence-corrected chi connectivity index (χ0v) is 16.8. The second kappa shape index (κ2) is 15.7. The van der Waals surface area contributed by atoms with E-state index in [0.717, 1.165) is 32.1 Å². The van der Waals surface area contributed by atoms with Crippen LogP contribution < -0.4 is 0 Å². The van der Waals surface area contributed by atoms with Gasteiger partial charge in [0.05, 0.1) is 5.66 Å². The SMILES string of the molecule is CCCCCCCCCCCCCC(CCCC)P(=O)(O)OC. The molecule has 0 spiro atoms. The molecule has 0 saturated heterocycles. The van der Waals surface area contributed by atoms with Crippen molar-refractivity contribution in [2.45, 2.75) is 116 Å². The lowest BCUT2D eigenvalue weighted by atomic mass is 10.0. The fraction of sp³-hybridized carbons (Fsp3) is 1.00. The van der Waals surface area contributed by atoms with E-state index >= 15 is 0 Å². The molecule has 0 aliphatic rings. The van der Waals surface area contributed by atoms with Gasteiger partial charge in [-0.05, 0) is 12.8 Å². The summed E-state index contributed by atoms with van der Waals surface area (Å²) in [6.07, 6.45) is 18.2. The van der Waals surface area contributed by atoms with Gasteiger partial charge in [-0.2, -0.15) is 0 Å². The van der Waals surface area contributed by atoms with E-state index in [9.17, 15) is 9.46 Å². The van der Waals surface area contributed by atoms with Gasteiger partial charge in [-0.15, -0.1) is 0 Å². The van der Waals surface area contributed by atoms with Gasteiger partial charge in [0.1, 0.15) is 0 Å². The highest BCUT2D eigenvalue weighted by Gasteiger charge is 2.29. The van der Waals surface area contributed by atoms with Crippen LogP contribution >= 0.6 is 7.60 Å². The molecule has 0 fully saturated rings. The van der Waals surface area contributed by atoms with E-state index in [1.165, 1.54) is 71.3 Å². The van der Waals surface area contributed by atoms with Gasteiger partial charge in [0, 0.05) is 7.11 Å². The van der Waals surface area contributed by atoms with Crippen molar-refractivity contribution in [1.29, 1.82) is 0 Å². The Morgan fingerprint density at radius 1 is 0.739 bits per heavy atom. The maximum atomic E-state index is 12.0. The first-order valence-electron chi connectivity index (χ1n) is 9.96. The molecule has 0 rings (SSSR count). The zero-order chi connectivity index (χ0) is 17.4. The van der Waals surface area contributed by atoms with E-state index < -0.39 is 7.60 Å². The lowest BCUT2D eigenvalue weighted by Crippen LogP contribution is -2.10. The molecule has 23 heavy (non-hydrogen) atoms. The van der Waals surface area contributed by atoms with E-state index in [2.05, 4.69) is 13.8 Å².